The lowest BCUT2D eigenvalue weighted by atomic mass is 10.1. The highest BCUT2D eigenvalue weighted by Crippen LogP contribution is 2.27. The fraction of sp³-hybridized carbons (Fsp3) is 0.302. The van der Waals surface area contributed by atoms with Crippen molar-refractivity contribution in [2.24, 2.45) is 0 Å². The molecular formula is C43H48N6O4S4. The summed E-state index contributed by atoms with van der Waals surface area (Å²) in [6.07, 6.45) is 1.64. The zero-order valence-corrected chi connectivity index (χ0v) is 35.8. The van der Waals surface area contributed by atoms with Crippen LogP contribution in [0.4, 0.5) is 10.3 Å². The fourth-order valence-corrected chi connectivity index (χ4v) is 11.4. The number of sulfonamides is 2. The van der Waals surface area contributed by atoms with Crippen LogP contribution >= 0.6 is 22.7 Å². The van der Waals surface area contributed by atoms with E-state index in [1.807, 2.05) is 56.3 Å². The van der Waals surface area contributed by atoms with Gasteiger partial charge in [0.05, 0.1) is 21.2 Å². The van der Waals surface area contributed by atoms with Gasteiger partial charge in [-0.15, -0.1) is 22.7 Å². The van der Waals surface area contributed by atoms with Gasteiger partial charge in [-0.25, -0.2) is 26.8 Å². The standard InChI is InChI=1S/C22H25N3O2S2.C21H23N3O2S2/c1-17-7-9-21(10-8-17)29(26,27)25-13-11-24(12-14-25)22-23-20(16-28-22)15-19-6-4-3-5-18(19)2;1-17-7-9-20(10-8-17)28(25,26)24-13-11-23(12-14-24)21-22-19(16-27-21)15-18-5-3-2-4-6-18/h3-10,16H,11-15H2,1-2H3;2-10,16H,11-15H2,1H3. The van der Waals surface area contributed by atoms with Crippen LogP contribution in [0.3, 0.4) is 0 Å². The topological polar surface area (TPSA) is 107 Å². The Kier molecular flexibility index (Phi) is 12.9. The van der Waals surface area contributed by atoms with E-state index in [4.69, 9.17) is 9.97 Å². The minimum atomic E-state index is -3.43. The predicted octanol–water partition coefficient (Wildman–Crippen LogP) is 7.41. The van der Waals surface area contributed by atoms with Crippen LogP contribution in [-0.4, -0.2) is 87.8 Å². The molecule has 0 spiro atoms. The van der Waals surface area contributed by atoms with Gasteiger partial charge >= 0.3 is 0 Å². The number of hydrogen-bond donors (Lipinski definition) is 0. The summed E-state index contributed by atoms with van der Waals surface area (Å²) in [4.78, 5) is 14.7. The first-order valence-electron chi connectivity index (χ1n) is 19.1. The second-order valence-electron chi connectivity index (χ2n) is 14.4. The van der Waals surface area contributed by atoms with Crippen molar-refractivity contribution in [3.8, 4) is 0 Å². The van der Waals surface area contributed by atoms with E-state index >= 15 is 0 Å². The predicted molar refractivity (Wildman–Crippen MR) is 232 cm³/mol. The third-order valence-corrected chi connectivity index (χ3v) is 16.0. The number of piperazine rings is 2. The average molecular weight is 841 g/mol. The van der Waals surface area contributed by atoms with Crippen LogP contribution in [0.5, 0.6) is 0 Å². The van der Waals surface area contributed by atoms with Crippen molar-refractivity contribution in [1.82, 2.24) is 18.6 Å². The Morgan fingerprint density at radius 2 is 0.930 bits per heavy atom. The molecule has 4 heterocycles. The summed E-state index contributed by atoms with van der Waals surface area (Å²) in [5.41, 5.74) is 8.04. The van der Waals surface area contributed by atoms with Crippen molar-refractivity contribution in [2.45, 2.75) is 43.4 Å². The number of benzene rings is 4. The van der Waals surface area contributed by atoms with E-state index < -0.39 is 20.0 Å². The van der Waals surface area contributed by atoms with Crippen LogP contribution < -0.4 is 9.80 Å². The van der Waals surface area contributed by atoms with E-state index in [0.717, 1.165) is 45.6 Å². The van der Waals surface area contributed by atoms with E-state index in [-0.39, 0.29) is 0 Å². The minimum absolute atomic E-state index is 0.367. The van der Waals surface area contributed by atoms with E-state index in [0.29, 0.717) is 62.1 Å². The maximum atomic E-state index is 12.9. The molecule has 2 aliphatic heterocycles. The normalized spacial score (nSPS) is 15.6. The molecule has 2 aromatic heterocycles. The van der Waals surface area contributed by atoms with Gasteiger partial charge in [0, 0.05) is 76.0 Å². The second-order valence-corrected chi connectivity index (χ2v) is 20.0. The molecule has 2 fully saturated rings. The molecular weight excluding hydrogens is 793 g/mol. The molecule has 8 rings (SSSR count). The zero-order chi connectivity index (χ0) is 40.0. The summed E-state index contributed by atoms with van der Waals surface area (Å²) in [5.74, 6) is 0. The molecule has 2 aliphatic rings. The molecule has 298 valence electrons. The molecule has 0 saturated carbocycles. The summed E-state index contributed by atoms with van der Waals surface area (Å²) in [6, 6.07) is 32.8. The quantitative estimate of drug-likeness (QED) is 0.141. The number of anilines is 2. The van der Waals surface area contributed by atoms with Crippen LogP contribution in [0.2, 0.25) is 0 Å². The lowest BCUT2D eigenvalue weighted by molar-refractivity contribution is 0.384. The van der Waals surface area contributed by atoms with Crippen molar-refractivity contribution in [3.05, 3.63) is 153 Å². The van der Waals surface area contributed by atoms with E-state index in [2.05, 4.69) is 63.9 Å². The lowest BCUT2D eigenvalue weighted by Gasteiger charge is -2.33. The molecule has 0 N–H and O–H groups in total. The van der Waals surface area contributed by atoms with E-state index in [9.17, 15) is 16.8 Å². The Hall–Kier alpha value is -4.44. The van der Waals surface area contributed by atoms with Gasteiger partial charge in [-0.2, -0.15) is 8.61 Å². The molecule has 0 bridgehead atoms. The van der Waals surface area contributed by atoms with Gasteiger partial charge in [0.25, 0.3) is 0 Å². The van der Waals surface area contributed by atoms with Gasteiger partial charge in [0.15, 0.2) is 10.3 Å². The molecule has 0 aliphatic carbocycles. The van der Waals surface area contributed by atoms with Gasteiger partial charge in [0.2, 0.25) is 20.0 Å². The van der Waals surface area contributed by atoms with Crippen LogP contribution in [0.15, 0.2) is 124 Å². The summed E-state index contributed by atoms with van der Waals surface area (Å²) in [6.45, 7) is 10.6. The summed E-state index contributed by atoms with van der Waals surface area (Å²) in [5, 5.41) is 6.15. The van der Waals surface area contributed by atoms with Crippen molar-refractivity contribution < 1.29 is 16.8 Å². The molecule has 0 amide bonds. The third-order valence-electron chi connectivity index (χ3n) is 10.3. The number of aryl methyl sites for hydroxylation is 3. The van der Waals surface area contributed by atoms with Crippen LogP contribution in [-0.2, 0) is 32.9 Å². The highest BCUT2D eigenvalue weighted by molar-refractivity contribution is 7.89. The smallest absolute Gasteiger partial charge is 0.243 e. The summed E-state index contributed by atoms with van der Waals surface area (Å²) < 4.78 is 54.6. The summed E-state index contributed by atoms with van der Waals surface area (Å²) >= 11 is 3.26. The Morgan fingerprint density at radius 1 is 0.509 bits per heavy atom. The highest BCUT2D eigenvalue weighted by atomic mass is 32.2. The lowest BCUT2D eigenvalue weighted by Crippen LogP contribution is -2.48. The molecule has 0 unspecified atom stereocenters. The minimum Gasteiger partial charge on any atom is -0.345 e. The maximum Gasteiger partial charge on any atom is 0.243 e. The molecule has 14 heteroatoms. The first kappa shape index (κ1) is 40.7. The highest BCUT2D eigenvalue weighted by Gasteiger charge is 2.30. The largest absolute Gasteiger partial charge is 0.345 e. The molecule has 0 radical (unpaired) electrons. The van der Waals surface area contributed by atoms with Gasteiger partial charge in [-0.3, -0.25) is 0 Å². The Labute approximate surface area is 345 Å². The maximum absolute atomic E-state index is 12.9. The van der Waals surface area contributed by atoms with Gasteiger partial charge in [-0.05, 0) is 61.7 Å². The fourth-order valence-electron chi connectivity index (χ4n) is 6.81. The van der Waals surface area contributed by atoms with Crippen LogP contribution in [0, 0.1) is 20.8 Å². The molecule has 2 saturated heterocycles. The van der Waals surface area contributed by atoms with Crippen molar-refractivity contribution in [1.29, 1.82) is 0 Å². The van der Waals surface area contributed by atoms with E-state index in [1.54, 1.807) is 55.5 Å². The molecule has 4 aromatic carbocycles. The van der Waals surface area contributed by atoms with Crippen molar-refractivity contribution in [2.75, 3.05) is 62.2 Å². The number of aromatic nitrogens is 2. The first-order chi connectivity index (χ1) is 27.5. The van der Waals surface area contributed by atoms with Gasteiger partial charge < -0.3 is 9.80 Å². The monoisotopic (exact) mass is 840 g/mol. The number of nitrogens with zero attached hydrogens (tertiary/aromatic N) is 6. The van der Waals surface area contributed by atoms with Crippen LogP contribution in [0.1, 0.15) is 39.2 Å². The average Bonchev–Trinajstić information content (AvgIpc) is 3.90. The summed E-state index contributed by atoms with van der Waals surface area (Å²) in [7, 11) is -6.87. The first-order valence-corrected chi connectivity index (χ1v) is 23.7. The Bertz CT molecular complexity index is 2450. The van der Waals surface area contributed by atoms with Gasteiger partial charge in [0.1, 0.15) is 0 Å². The Morgan fingerprint density at radius 3 is 1.39 bits per heavy atom. The Balaban J connectivity index is 0.000000174. The molecule has 6 aromatic rings. The zero-order valence-electron chi connectivity index (χ0n) is 32.5. The van der Waals surface area contributed by atoms with Crippen LogP contribution in [0.25, 0.3) is 0 Å². The SMILES string of the molecule is Cc1ccc(S(=O)(=O)N2CCN(c3nc(Cc4ccccc4)cs3)CC2)cc1.Cc1ccc(S(=O)(=O)N2CCN(c3nc(Cc4ccccc4C)cs3)CC2)cc1. The number of hydrogen-bond acceptors (Lipinski definition) is 10. The van der Waals surface area contributed by atoms with E-state index in [1.165, 1.54) is 16.7 Å². The van der Waals surface area contributed by atoms with Crippen molar-refractivity contribution >= 4 is 53.0 Å². The van der Waals surface area contributed by atoms with Gasteiger partial charge in [-0.1, -0.05) is 90.0 Å². The number of thiazole rings is 2. The molecule has 0 atom stereocenters. The van der Waals surface area contributed by atoms with Crippen molar-refractivity contribution in [3.63, 3.8) is 0 Å². The third kappa shape index (κ3) is 10.00. The molecule has 10 nitrogen and oxygen atoms in total. The number of rotatable bonds is 10. The second kappa shape index (κ2) is 18.0. The molecule has 57 heavy (non-hydrogen) atoms.